The van der Waals surface area contributed by atoms with Gasteiger partial charge in [0, 0.05) is 23.6 Å². The third-order valence-electron chi connectivity index (χ3n) is 5.62. The Bertz CT molecular complexity index is 1210. The van der Waals surface area contributed by atoms with Crippen molar-refractivity contribution >= 4 is 17.7 Å². The number of amides is 1. The van der Waals surface area contributed by atoms with Crippen LogP contribution in [-0.2, 0) is 11.2 Å². The third kappa shape index (κ3) is 4.29. The average molecular weight is 442 g/mol. The van der Waals surface area contributed by atoms with E-state index in [0.717, 1.165) is 36.3 Å². The summed E-state index contributed by atoms with van der Waals surface area (Å²) in [4.78, 5) is 16.9. The number of carbonyl (C=O) groups is 1. The number of hydrogen-bond acceptors (Lipinski definition) is 5. The highest BCUT2D eigenvalue weighted by atomic mass is 32.2. The molecule has 0 spiro atoms. The molecule has 0 saturated heterocycles. The number of benzene rings is 2. The molecule has 160 valence electrons. The molecule has 1 N–H and O–H groups in total. The number of thioether (sulfide) groups is 1. The number of nitrogens with one attached hydrogen (secondary N) is 1. The Kier molecular flexibility index (Phi) is 5.98. The highest BCUT2D eigenvalue weighted by Gasteiger charge is 2.22. The van der Waals surface area contributed by atoms with E-state index in [1.807, 2.05) is 53.1 Å². The maximum Gasteiger partial charge on any atom is 0.230 e. The van der Waals surface area contributed by atoms with Crippen molar-refractivity contribution in [1.82, 2.24) is 25.1 Å². The molecule has 5 rings (SSSR count). The van der Waals surface area contributed by atoms with E-state index in [-0.39, 0.29) is 17.7 Å². The molecule has 0 radical (unpaired) electrons. The van der Waals surface area contributed by atoms with Crippen LogP contribution in [-0.4, -0.2) is 31.4 Å². The number of carbonyl (C=O) groups excluding carboxylic acids is 1. The van der Waals surface area contributed by atoms with Gasteiger partial charge in [0.2, 0.25) is 5.91 Å². The molecule has 1 atom stereocenters. The second kappa shape index (κ2) is 9.36. The van der Waals surface area contributed by atoms with Crippen molar-refractivity contribution in [2.24, 2.45) is 0 Å². The second-order valence-electron chi connectivity index (χ2n) is 7.71. The topological polar surface area (TPSA) is 72.7 Å². The van der Waals surface area contributed by atoms with Gasteiger partial charge in [0.1, 0.15) is 0 Å². The summed E-state index contributed by atoms with van der Waals surface area (Å²) in [6.07, 6.45) is 6.62. The molecule has 1 amide bonds. The van der Waals surface area contributed by atoms with E-state index in [4.69, 9.17) is 0 Å². The lowest BCUT2D eigenvalue weighted by Gasteiger charge is -2.26. The summed E-state index contributed by atoms with van der Waals surface area (Å²) in [6, 6.07) is 22.2. The molecule has 0 bridgehead atoms. The SMILES string of the molecule is O=C(CSc1nnc(-c2ccncc2)n1-c1ccccc1)NC1CCCc2ccccc21. The molecule has 1 aliphatic carbocycles. The molecule has 0 aliphatic heterocycles. The van der Waals surface area contributed by atoms with Crippen LogP contribution in [0, 0.1) is 0 Å². The van der Waals surface area contributed by atoms with E-state index < -0.39 is 0 Å². The van der Waals surface area contributed by atoms with E-state index >= 15 is 0 Å². The molecule has 2 aromatic carbocycles. The van der Waals surface area contributed by atoms with Crippen LogP contribution in [0.2, 0.25) is 0 Å². The molecule has 1 unspecified atom stereocenters. The molecule has 7 heteroatoms. The number of para-hydroxylation sites is 1. The number of fused-ring (bicyclic) bond motifs is 1. The maximum atomic E-state index is 12.8. The van der Waals surface area contributed by atoms with Crippen LogP contribution in [0.25, 0.3) is 17.1 Å². The predicted octanol–water partition coefficient (Wildman–Crippen LogP) is 4.62. The summed E-state index contributed by atoms with van der Waals surface area (Å²) in [5.74, 6) is 1.01. The van der Waals surface area contributed by atoms with Gasteiger partial charge in [-0.2, -0.15) is 0 Å². The molecule has 0 saturated carbocycles. The minimum absolute atomic E-state index is 0.00442. The normalized spacial score (nSPS) is 15.2. The number of aromatic nitrogens is 4. The van der Waals surface area contributed by atoms with Crippen LogP contribution in [0.15, 0.2) is 84.3 Å². The standard InChI is InChI=1S/C25H23N5OS/c31-23(27-22-12-6-8-18-7-4-5-11-21(18)22)17-32-25-29-28-24(19-13-15-26-16-14-19)30(25)20-9-2-1-3-10-20/h1-5,7,9-11,13-16,22H,6,8,12,17H2,(H,27,31). The Balaban J connectivity index is 1.35. The van der Waals surface area contributed by atoms with E-state index in [1.165, 1.54) is 22.9 Å². The minimum atomic E-state index is 0.00442. The number of aryl methyl sites for hydroxylation is 1. The Labute approximate surface area is 191 Å². The van der Waals surface area contributed by atoms with Crippen molar-refractivity contribution in [1.29, 1.82) is 0 Å². The lowest BCUT2D eigenvalue weighted by molar-refractivity contribution is -0.119. The lowest BCUT2D eigenvalue weighted by Crippen LogP contribution is -2.32. The molecule has 32 heavy (non-hydrogen) atoms. The van der Waals surface area contributed by atoms with Crippen LogP contribution in [0.3, 0.4) is 0 Å². The molecule has 6 nitrogen and oxygen atoms in total. The summed E-state index contributed by atoms with van der Waals surface area (Å²) >= 11 is 1.40. The van der Waals surface area contributed by atoms with Gasteiger partial charge >= 0.3 is 0 Å². The van der Waals surface area contributed by atoms with Gasteiger partial charge in [-0.3, -0.25) is 14.3 Å². The molecular weight excluding hydrogens is 418 g/mol. The number of nitrogens with zero attached hydrogens (tertiary/aromatic N) is 4. The van der Waals surface area contributed by atoms with E-state index in [1.54, 1.807) is 12.4 Å². The van der Waals surface area contributed by atoms with Gasteiger partial charge < -0.3 is 5.32 Å². The second-order valence-corrected chi connectivity index (χ2v) is 8.66. The predicted molar refractivity (Wildman–Crippen MR) is 126 cm³/mol. The molecule has 1 aliphatic rings. The van der Waals surface area contributed by atoms with Crippen molar-refractivity contribution in [2.45, 2.75) is 30.5 Å². The quantitative estimate of drug-likeness (QED) is 0.442. The fourth-order valence-electron chi connectivity index (χ4n) is 4.13. The number of rotatable bonds is 6. The highest BCUT2D eigenvalue weighted by Crippen LogP contribution is 2.30. The highest BCUT2D eigenvalue weighted by molar-refractivity contribution is 7.99. The van der Waals surface area contributed by atoms with Gasteiger partial charge in [-0.15, -0.1) is 10.2 Å². The summed E-state index contributed by atoms with van der Waals surface area (Å²) < 4.78 is 1.99. The Morgan fingerprint density at radius 3 is 2.62 bits per heavy atom. The van der Waals surface area contributed by atoms with Crippen LogP contribution in [0.5, 0.6) is 0 Å². The molecule has 2 heterocycles. The van der Waals surface area contributed by atoms with Gasteiger partial charge in [-0.05, 0) is 54.7 Å². The van der Waals surface area contributed by atoms with Crippen LogP contribution >= 0.6 is 11.8 Å². The maximum absolute atomic E-state index is 12.8. The first-order valence-electron chi connectivity index (χ1n) is 10.7. The Morgan fingerprint density at radius 1 is 1.00 bits per heavy atom. The number of hydrogen-bond donors (Lipinski definition) is 1. The van der Waals surface area contributed by atoms with Gasteiger partial charge in [0.05, 0.1) is 11.8 Å². The first kappa shape index (κ1) is 20.5. The van der Waals surface area contributed by atoms with Crippen LogP contribution in [0.4, 0.5) is 0 Å². The molecule has 4 aromatic rings. The lowest BCUT2D eigenvalue weighted by atomic mass is 9.88. The van der Waals surface area contributed by atoms with Crippen LogP contribution in [0.1, 0.15) is 30.0 Å². The summed E-state index contributed by atoms with van der Waals surface area (Å²) in [6.45, 7) is 0. The van der Waals surface area contributed by atoms with Crippen molar-refractivity contribution < 1.29 is 4.79 Å². The summed E-state index contributed by atoms with van der Waals surface area (Å²) in [7, 11) is 0. The first-order chi connectivity index (χ1) is 15.8. The van der Waals surface area contributed by atoms with Gasteiger partial charge in [0.25, 0.3) is 0 Å². The van der Waals surface area contributed by atoms with E-state index in [0.29, 0.717) is 5.16 Å². The minimum Gasteiger partial charge on any atom is -0.349 e. The van der Waals surface area contributed by atoms with Crippen molar-refractivity contribution in [3.8, 4) is 17.1 Å². The van der Waals surface area contributed by atoms with Gasteiger partial charge in [-0.25, -0.2) is 0 Å². The summed E-state index contributed by atoms with van der Waals surface area (Å²) in [5.41, 5.74) is 4.45. The number of pyridine rings is 1. The van der Waals surface area contributed by atoms with Gasteiger partial charge in [-0.1, -0.05) is 54.2 Å². The molecular formula is C25H23N5OS. The summed E-state index contributed by atoms with van der Waals surface area (Å²) in [5, 5.41) is 12.7. The molecule has 2 aromatic heterocycles. The fraction of sp³-hybridized carbons (Fsp3) is 0.200. The van der Waals surface area contributed by atoms with Crippen molar-refractivity contribution in [3.05, 3.63) is 90.3 Å². The Hall–Kier alpha value is -3.45. The molecule has 0 fully saturated rings. The monoisotopic (exact) mass is 441 g/mol. The smallest absolute Gasteiger partial charge is 0.230 e. The van der Waals surface area contributed by atoms with Crippen molar-refractivity contribution in [3.63, 3.8) is 0 Å². The van der Waals surface area contributed by atoms with Crippen molar-refractivity contribution in [2.75, 3.05) is 5.75 Å². The first-order valence-corrected chi connectivity index (χ1v) is 11.7. The zero-order chi connectivity index (χ0) is 21.8. The zero-order valence-electron chi connectivity index (χ0n) is 17.5. The van der Waals surface area contributed by atoms with E-state index in [9.17, 15) is 4.79 Å². The van der Waals surface area contributed by atoms with Crippen LogP contribution < -0.4 is 5.32 Å². The fourth-order valence-corrected chi connectivity index (χ4v) is 4.89. The van der Waals surface area contributed by atoms with E-state index in [2.05, 4.69) is 38.7 Å². The average Bonchev–Trinajstić information content (AvgIpc) is 3.28. The Morgan fingerprint density at radius 2 is 1.78 bits per heavy atom. The third-order valence-corrected chi connectivity index (χ3v) is 6.55. The van der Waals surface area contributed by atoms with Gasteiger partial charge in [0.15, 0.2) is 11.0 Å². The zero-order valence-corrected chi connectivity index (χ0v) is 18.3. The largest absolute Gasteiger partial charge is 0.349 e.